The molecule has 1 saturated heterocycles. The molecule has 1 aliphatic heterocycles. The van der Waals surface area contributed by atoms with Crippen LogP contribution in [-0.2, 0) is 19.0 Å². The summed E-state index contributed by atoms with van der Waals surface area (Å²) in [6.07, 6.45) is 4.05. The zero-order valence-electron chi connectivity index (χ0n) is 14.5. The molecule has 1 rings (SSSR count). The third-order valence-corrected chi connectivity index (χ3v) is 4.38. The second kappa shape index (κ2) is 9.10. The first-order valence-corrected chi connectivity index (χ1v) is 7.89. The van der Waals surface area contributed by atoms with E-state index in [9.17, 15) is 4.79 Å². The Morgan fingerprint density at radius 2 is 2.14 bits per heavy atom. The van der Waals surface area contributed by atoms with Gasteiger partial charge in [-0.3, -0.25) is 9.80 Å². The van der Waals surface area contributed by atoms with E-state index in [1.165, 1.54) is 7.11 Å². The van der Waals surface area contributed by atoms with Crippen LogP contribution < -0.4 is 0 Å². The normalized spacial score (nSPS) is 20.6. The number of nitrogens with zero attached hydrogens (tertiary/aromatic N) is 2. The number of ether oxygens (including phenoxy) is 3. The molecule has 0 aromatic carbocycles. The number of esters is 1. The van der Waals surface area contributed by atoms with Crippen LogP contribution in [0.15, 0.2) is 5.10 Å². The molecule has 0 radical (unpaired) electrons. The summed E-state index contributed by atoms with van der Waals surface area (Å²) in [5, 5.41) is 6.64. The van der Waals surface area contributed by atoms with Crippen molar-refractivity contribution in [1.82, 2.24) is 5.01 Å². The summed E-state index contributed by atoms with van der Waals surface area (Å²) in [5.41, 5.74) is -0.581. The third kappa shape index (κ3) is 5.25. The molecule has 0 amide bonds. The molecule has 0 unspecified atom stereocenters. The lowest BCUT2D eigenvalue weighted by atomic mass is 9.81. The van der Waals surface area contributed by atoms with E-state index >= 15 is 0 Å². The molecule has 2 atom stereocenters. The molecule has 1 aliphatic rings. The minimum Gasteiger partial charge on any atom is -0.469 e. The Hall–Kier alpha value is -1.14. The van der Waals surface area contributed by atoms with Gasteiger partial charge in [0.05, 0.1) is 38.4 Å². The number of hydrogen-bond donors (Lipinski definition) is 0. The highest BCUT2D eigenvalue weighted by atomic mass is 16.5. The summed E-state index contributed by atoms with van der Waals surface area (Å²) in [6.45, 7) is 8.56. The fraction of sp³-hybridized carbons (Fsp3) is 0.875. The predicted molar refractivity (Wildman–Crippen MR) is 85.9 cm³/mol. The van der Waals surface area contributed by atoms with Crippen molar-refractivity contribution in [1.29, 1.82) is 0 Å². The number of carbonyl (C=O) groups is 1. The highest BCUT2D eigenvalue weighted by Crippen LogP contribution is 2.27. The zero-order valence-corrected chi connectivity index (χ0v) is 14.5. The largest absolute Gasteiger partial charge is 0.469 e. The van der Waals surface area contributed by atoms with Crippen molar-refractivity contribution < 1.29 is 19.0 Å². The van der Waals surface area contributed by atoms with Crippen LogP contribution in [0.1, 0.15) is 33.6 Å². The standard InChI is InChI=1S/C16H30N2O4/c1-13(16(2,3)15(19)21-5)11-17-18-8-6-7-14(18)12-22-10-9-20-4/h11,13-14H,6-10,12H2,1-5H3/b17-11+/t13-,14-/m0/s1. The van der Waals surface area contributed by atoms with E-state index in [2.05, 4.69) is 10.1 Å². The van der Waals surface area contributed by atoms with E-state index in [1.807, 2.05) is 27.0 Å². The summed E-state index contributed by atoms with van der Waals surface area (Å²) in [7, 11) is 3.09. The van der Waals surface area contributed by atoms with Gasteiger partial charge in [-0.05, 0) is 26.7 Å². The van der Waals surface area contributed by atoms with Crippen molar-refractivity contribution in [3.8, 4) is 0 Å². The molecular weight excluding hydrogens is 284 g/mol. The van der Waals surface area contributed by atoms with Crippen molar-refractivity contribution in [2.45, 2.75) is 39.7 Å². The maximum absolute atomic E-state index is 11.8. The van der Waals surface area contributed by atoms with Crippen molar-refractivity contribution in [3.63, 3.8) is 0 Å². The van der Waals surface area contributed by atoms with Gasteiger partial charge < -0.3 is 14.2 Å². The monoisotopic (exact) mass is 314 g/mol. The first-order valence-electron chi connectivity index (χ1n) is 7.89. The number of methoxy groups -OCH3 is 2. The first kappa shape index (κ1) is 18.9. The van der Waals surface area contributed by atoms with E-state index in [-0.39, 0.29) is 11.9 Å². The topological polar surface area (TPSA) is 60.4 Å². The van der Waals surface area contributed by atoms with Crippen molar-refractivity contribution in [2.75, 3.05) is 40.6 Å². The molecule has 0 aromatic heterocycles. The molecule has 0 aliphatic carbocycles. The van der Waals surface area contributed by atoms with Crippen LogP contribution in [0, 0.1) is 11.3 Å². The van der Waals surface area contributed by atoms with Crippen molar-refractivity contribution >= 4 is 12.2 Å². The lowest BCUT2D eigenvalue weighted by Crippen LogP contribution is -2.35. The molecule has 22 heavy (non-hydrogen) atoms. The highest BCUT2D eigenvalue weighted by Gasteiger charge is 2.34. The van der Waals surface area contributed by atoms with Gasteiger partial charge in [0.15, 0.2) is 0 Å². The van der Waals surface area contributed by atoms with Crippen LogP contribution in [0.25, 0.3) is 0 Å². The second-order valence-corrected chi connectivity index (χ2v) is 6.29. The van der Waals surface area contributed by atoms with Crippen LogP contribution in [0.4, 0.5) is 0 Å². The third-order valence-electron chi connectivity index (χ3n) is 4.38. The molecule has 0 N–H and O–H groups in total. The lowest BCUT2D eigenvalue weighted by molar-refractivity contribution is -0.152. The van der Waals surface area contributed by atoms with Gasteiger partial charge in [0, 0.05) is 25.8 Å². The Labute approximate surface area is 133 Å². The quantitative estimate of drug-likeness (QED) is 0.370. The smallest absolute Gasteiger partial charge is 0.311 e. The fourth-order valence-corrected chi connectivity index (χ4v) is 2.32. The summed E-state index contributed by atoms with van der Waals surface area (Å²) in [6, 6.07) is 0.307. The van der Waals surface area contributed by atoms with Crippen LogP contribution in [-0.4, -0.2) is 63.8 Å². The van der Waals surface area contributed by atoms with E-state index in [4.69, 9.17) is 14.2 Å². The summed E-state index contributed by atoms with van der Waals surface area (Å²) >= 11 is 0. The molecule has 128 valence electrons. The number of hydrogen-bond acceptors (Lipinski definition) is 6. The van der Waals surface area contributed by atoms with Gasteiger partial charge in [0.2, 0.25) is 0 Å². The van der Waals surface area contributed by atoms with Gasteiger partial charge in [-0.1, -0.05) is 6.92 Å². The average Bonchev–Trinajstić information content (AvgIpc) is 2.95. The Morgan fingerprint density at radius 1 is 1.41 bits per heavy atom. The minimum absolute atomic E-state index is 0.00407. The SMILES string of the molecule is COCCOC[C@@H]1CCCN1/N=C/[C@H](C)C(C)(C)C(=O)OC. The highest BCUT2D eigenvalue weighted by molar-refractivity contribution is 5.80. The van der Waals surface area contributed by atoms with Crippen molar-refractivity contribution in [3.05, 3.63) is 0 Å². The van der Waals surface area contributed by atoms with Gasteiger partial charge in [0.25, 0.3) is 0 Å². The Morgan fingerprint density at radius 3 is 2.77 bits per heavy atom. The predicted octanol–water partition coefficient (Wildman–Crippen LogP) is 1.93. The second-order valence-electron chi connectivity index (χ2n) is 6.29. The molecule has 0 bridgehead atoms. The number of hydrazone groups is 1. The molecule has 1 heterocycles. The van der Waals surface area contributed by atoms with E-state index in [1.54, 1.807) is 7.11 Å². The van der Waals surface area contributed by atoms with Crippen LogP contribution >= 0.6 is 0 Å². The Balaban J connectivity index is 2.51. The maximum atomic E-state index is 11.8. The summed E-state index contributed by atoms with van der Waals surface area (Å²) in [5.74, 6) is -0.220. The fourth-order valence-electron chi connectivity index (χ4n) is 2.32. The van der Waals surface area contributed by atoms with E-state index in [0.717, 1.165) is 19.4 Å². The molecule has 0 aromatic rings. The van der Waals surface area contributed by atoms with Crippen LogP contribution in [0.3, 0.4) is 0 Å². The van der Waals surface area contributed by atoms with Gasteiger partial charge in [-0.25, -0.2) is 0 Å². The minimum atomic E-state index is -0.581. The summed E-state index contributed by atoms with van der Waals surface area (Å²) in [4.78, 5) is 11.8. The van der Waals surface area contributed by atoms with Gasteiger partial charge in [0.1, 0.15) is 0 Å². The molecule has 6 heteroatoms. The molecular formula is C16H30N2O4. The van der Waals surface area contributed by atoms with Crippen LogP contribution in [0.5, 0.6) is 0 Å². The van der Waals surface area contributed by atoms with E-state index in [0.29, 0.717) is 25.9 Å². The Bertz CT molecular complexity index is 371. The van der Waals surface area contributed by atoms with Crippen LogP contribution in [0.2, 0.25) is 0 Å². The number of carbonyl (C=O) groups excluding carboxylic acids is 1. The molecule has 1 fully saturated rings. The van der Waals surface area contributed by atoms with Gasteiger partial charge in [-0.15, -0.1) is 0 Å². The molecule has 6 nitrogen and oxygen atoms in total. The molecule has 0 spiro atoms. The van der Waals surface area contributed by atoms with Crippen molar-refractivity contribution in [2.24, 2.45) is 16.4 Å². The Kier molecular flexibility index (Phi) is 7.82. The summed E-state index contributed by atoms with van der Waals surface area (Å²) < 4.78 is 15.4. The first-order chi connectivity index (χ1) is 10.4. The van der Waals surface area contributed by atoms with Gasteiger partial charge in [-0.2, -0.15) is 5.10 Å². The van der Waals surface area contributed by atoms with Gasteiger partial charge >= 0.3 is 5.97 Å². The number of rotatable bonds is 9. The average molecular weight is 314 g/mol. The maximum Gasteiger partial charge on any atom is 0.311 e. The molecule has 0 saturated carbocycles. The van der Waals surface area contributed by atoms with E-state index < -0.39 is 5.41 Å². The lowest BCUT2D eigenvalue weighted by Gasteiger charge is -2.27. The zero-order chi connectivity index (χ0) is 16.6.